The summed E-state index contributed by atoms with van der Waals surface area (Å²) in [5, 5.41) is 11.2. The monoisotopic (exact) mass is 453 g/mol. The Morgan fingerprint density at radius 1 is 1.09 bits per heavy atom. The number of hydrogen-bond donors (Lipinski definition) is 1. The smallest absolute Gasteiger partial charge is 0.295 e. The molecule has 7 heteroatoms. The van der Waals surface area contributed by atoms with Gasteiger partial charge in [0.2, 0.25) is 0 Å². The van der Waals surface area contributed by atoms with Crippen molar-refractivity contribution in [2.24, 2.45) is 0 Å². The fourth-order valence-electron chi connectivity index (χ4n) is 3.91. The SMILES string of the molecule is CCOc1ccc(C(O)=C2C(=O)C(=O)N(CCCOC(C)C)[C@H]2c2ccccc2OC)cc1. The molecule has 176 valence electrons. The number of Topliss-reactive ketones (excluding diaryl/α,β-unsaturated/α-hetero) is 1. The van der Waals surface area contributed by atoms with Crippen molar-refractivity contribution in [1.82, 2.24) is 4.90 Å². The van der Waals surface area contributed by atoms with Crippen LogP contribution in [-0.4, -0.2) is 54.7 Å². The molecule has 1 aliphatic rings. The van der Waals surface area contributed by atoms with Crippen LogP contribution in [0.2, 0.25) is 0 Å². The van der Waals surface area contributed by atoms with E-state index in [9.17, 15) is 14.7 Å². The predicted molar refractivity (Wildman–Crippen MR) is 125 cm³/mol. The lowest BCUT2D eigenvalue weighted by Crippen LogP contribution is -2.31. The Morgan fingerprint density at radius 2 is 1.79 bits per heavy atom. The van der Waals surface area contributed by atoms with Gasteiger partial charge in [0.25, 0.3) is 11.7 Å². The molecule has 1 atom stereocenters. The van der Waals surface area contributed by atoms with Crippen LogP contribution in [0.3, 0.4) is 0 Å². The highest BCUT2D eigenvalue weighted by Crippen LogP contribution is 2.42. The number of likely N-dealkylation sites (tertiary alicyclic amines) is 1. The molecule has 1 saturated heterocycles. The van der Waals surface area contributed by atoms with Gasteiger partial charge in [0.15, 0.2) is 0 Å². The Kier molecular flexibility index (Phi) is 8.11. The van der Waals surface area contributed by atoms with Crippen LogP contribution in [0.1, 0.15) is 44.4 Å². The first-order chi connectivity index (χ1) is 15.9. The summed E-state index contributed by atoms with van der Waals surface area (Å²) in [5.41, 5.74) is 1.11. The third-order valence-corrected chi connectivity index (χ3v) is 5.41. The Bertz CT molecular complexity index is 1010. The minimum Gasteiger partial charge on any atom is -0.507 e. The largest absolute Gasteiger partial charge is 0.507 e. The molecule has 0 saturated carbocycles. The summed E-state index contributed by atoms with van der Waals surface area (Å²) in [6, 6.07) is 13.2. The van der Waals surface area contributed by atoms with Crippen molar-refractivity contribution in [3.8, 4) is 11.5 Å². The lowest BCUT2D eigenvalue weighted by Gasteiger charge is -2.26. The van der Waals surface area contributed by atoms with Gasteiger partial charge in [0.1, 0.15) is 17.3 Å². The minimum atomic E-state index is -0.772. The standard InChI is InChI=1S/C26H31NO6/c1-5-32-19-13-11-18(12-14-19)24(28)22-23(20-9-6-7-10-21(20)31-4)27(26(30)25(22)29)15-8-16-33-17(2)3/h6-7,9-14,17,23,28H,5,8,15-16H2,1-4H3/t23-/m0/s1. The van der Waals surface area contributed by atoms with Crippen LogP contribution >= 0.6 is 0 Å². The van der Waals surface area contributed by atoms with Crippen molar-refractivity contribution in [2.45, 2.75) is 39.3 Å². The second-order valence-corrected chi connectivity index (χ2v) is 7.96. The molecule has 0 spiro atoms. The first kappa shape index (κ1) is 24.3. The Labute approximate surface area is 194 Å². The van der Waals surface area contributed by atoms with Crippen LogP contribution in [0.5, 0.6) is 11.5 Å². The van der Waals surface area contributed by atoms with E-state index in [1.54, 1.807) is 36.4 Å². The zero-order chi connectivity index (χ0) is 24.0. The second kappa shape index (κ2) is 11.0. The molecule has 33 heavy (non-hydrogen) atoms. The number of amides is 1. The lowest BCUT2D eigenvalue weighted by molar-refractivity contribution is -0.140. The van der Waals surface area contributed by atoms with Crippen molar-refractivity contribution < 1.29 is 28.9 Å². The average molecular weight is 454 g/mol. The number of hydrogen-bond acceptors (Lipinski definition) is 6. The van der Waals surface area contributed by atoms with Crippen molar-refractivity contribution in [1.29, 1.82) is 0 Å². The van der Waals surface area contributed by atoms with E-state index in [1.165, 1.54) is 12.0 Å². The van der Waals surface area contributed by atoms with Gasteiger partial charge < -0.3 is 24.2 Å². The van der Waals surface area contributed by atoms with Crippen LogP contribution in [0.4, 0.5) is 0 Å². The van der Waals surface area contributed by atoms with E-state index in [4.69, 9.17) is 14.2 Å². The van der Waals surface area contributed by atoms with Crippen LogP contribution < -0.4 is 9.47 Å². The number of nitrogens with zero attached hydrogens (tertiary/aromatic N) is 1. The second-order valence-electron chi connectivity index (χ2n) is 7.96. The summed E-state index contributed by atoms with van der Waals surface area (Å²) < 4.78 is 16.6. The zero-order valence-electron chi connectivity index (χ0n) is 19.5. The maximum atomic E-state index is 13.1. The molecular formula is C26H31NO6. The fraction of sp³-hybridized carbons (Fsp3) is 0.385. The molecule has 0 bridgehead atoms. The predicted octanol–water partition coefficient (Wildman–Crippen LogP) is 4.33. The van der Waals surface area contributed by atoms with Gasteiger partial charge in [-0.1, -0.05) is 18.2 Å². The molecule has 0 aromatic heterocycles. The highest BCUT2D eigenvalue weighted by molar-refractivity contribution is 6.46. The quantitative estimate of drug-likeness (QED) is 0.249. The zero-order valence-corrected chi connectivity index (χ0v) is 19.5. The first-order valence-corrected chi connectivity index (χ1v) is 11.1. The van der Waals surface area contributed by atoms with Crippen molar-refractivity contribution >= 4 is 17.4 Å². The van der Waals surface area contributed by atoms with Crippen LogP contribution in [0, 0.1) is 0 Å². The van der Waals surface area contributed by atoms with Gasteiger partial charge in [-0.3, -0.25) is 9.59 Å². The molecule has 0 unspecified atom stereocenters. The van der Waals surface area contributed by atoms with Crippen molar-refractivity contribution in [3.05, 3.63) is 65.2 Å². The first-order valence-electron chi connectivity index (χ1n) is 11.1. The number of carbonyl (C=O) groups is 2. The molecule has 3 rings (SSSR count). The molecule has 1 N–H and O–H groups in total. The van der Waals surface area contributed by atoms with Gasteiger partial charge in [0, 0.05) is 24.3 Å². The van der Waals surface area contributed by atoms with Gasteiger partial charge in [-0.05, 0) is 57.5 Å². The van der Waals surface area contributed by atoms with E-state index < -0.39 is 17.7 Å². The molecule has 0 aliphatic carbocycles. The topological polar surface area (TPSA) is 85.3 Å². The van der Waals surface area contributed by atoms with E-state index in [0.29, 0.717) is 48.8 Å². The number of para-hydroxylation sites is 1. The van der Waals surface area contributed by atoms with E-state index in [0.717, 1.165) is 0 Å². The maximum Gasteiger partial charge on any atom is 0.295 e. The average Bonchev–Trinajstić information content (AvgIpc) is 3.06. The third-order valence-electron chi connectivity index (χ3n) is 5.41. The normalized spacial score (nSPS) is 17.6. The van der Waals surface area contributed by atoms with Crippen LogP contribution in [-0.2, 0) is 14.3 Å². The number of methoxy groups -OCH3 is 1. The number of ether oxygens (including phenoxy) is 3. The summed E-state index contributed by atoms with van der Waals surface area (Å²) in [6.45, 7) is 7.05. The Morgan fingerprint density at radius 3 is 2.42 bits per heavy atom. The number of ketones is 1. The molecule has 1 amide bonds. The number of carbonyl (C=O) groups excluding carboxylic acids is 2. The van der Waals surface area contributed by atoms with Gasteiger partial charge >= 0.3 is 0 Å². The molecular weight excluding hydrogens is 422 g/mol. The molecule has 1 heterocycles. The lowest BCUT2D eigenvalue weighted by atomic mass is 9.94. The third kappa shape index (κ3) is 5.37. The van der Waals surface area contributed by atoms with Crippen LogP contribution in [0.15, 0.2) is 54.1 Å². The summed E-state index contributed by atoms with van der Waals surface area (Å²) >= 11 is 0. The molecule has 7 nitrogen and oxygen atoms in total. The molecule has 1 fully saturated rings. The van der Waals surface area contributed by atoms with E-state index in [-0.39, 0.29) is 17.4 Å². The molecule has 2 aromatic rings. The maximum absolute atomic E-state index is 13.1. The van der Waals surface area contributed by atoms with Gasteiger partial charge in [0.05, 0.1) is 31.4 Å². The summed E-state index contributed by atoms with van der Waals surface area (Å²) in [5.74, 6) is -0.412. The van der Waals surface area contributed by atoms with Gasteiger partial charge in [-0.25, -0.2) is 0 Å². The molecule has 0 radical (unpaired) electrons. The number of benzene rings is 2. The highest BCUT2D eigenvalue weighted by atomic mass is 16.5. The fourth-order valence-corrected chi connectivity index (χ4v) is 3.91. The summed E-state index contributed by atoms with van der Waals surface area (Å²) in [7, 11) is 1.54. The van der Waals surface area contributed by atoms with Crippen molar-refractivity contribution in [2.75, 3.05) is 26.9 Å². The van der Waals surface area contributed by atoms with Crippen LogP contribution in [0.25, 0.3) is 5.76 Å². The van der Waals surface area contributed by atoms with E-state index in [1.807, 2.05) is 32.9 Å². The van der Waals surface area contributed by atoms with E-state index >= 15 is 0 Å². The minimum absolute atomic E-state index is 0.0402. The van der Waals surface area contributed by atoms with Gasteiger partial charge in [-0.2, -0.15) is 0 Å². The molecule has 2 aromatic carbocycles. The number of rotatable bonds is 10. The Hall–Kier alpha value is -3.32. The van der Waals surface area contributed by atoms with Gasteiger partial charge in [-0.15, -0.1) is 0 Å². The van der Waals surface area contributed by atoms with E-state index in [2.05, 4.69) is 0 Å². The summed E-state index contributed by atoms with van der Waals surface area (Å²) in [4.78, 5) is 27.6. The number of aliphatic hydroxyl groups is 1. The summed E-state index contributed by atoms with van der Waals surface area (Å²) in [6.07, 6.45) is 0.630. The number of aliphatic hydroxyl groups excluding tert-OH is 1. The molecule has 1 aliphatic heterocycles. The Balaban J connectivity index is 2.05. The van der Waals surface area contributed by atoms with Crippen molar-refractivity contribution in [3.63, 3.8) is 0 Å². The highest BCUT2D eigenvalue weighted by Gasteiger charge is 2.46.